The number of nitrogens with one attached hydrogen (secondary N) is 1. The highest BCUT2D eigenvalue weighted by Gasteiger charge is 2.11. The van der Waals surface area contributed by atoms with Crippen molar-refractivity contribution in [3.05, 3.63) is 30.6 Å². The van der Waals surface area contributed by atoms with Crippen LogP contribution in [-0.2, 0) is 11.8 Å². The summed E-state index contributed by atoms with van der Waals surface area (Å²) in [6, 6.07) is 8.35. The first-order valence-electron chi connectivity index (χ1n) is 6.50. The van der Waals surface area contributed by atoms with E-state index in [9.17, 15) is 0 Å². The number of anilines is 1. The lowest BCUT2D eigenvalue weighted by atomic mass is 10.1. The van der Waals surface area contributed by atoms with Crippen LogP contribution < -0.4 is 5.32 Å². The van der Waals surface area contributed by atoms with Crippen molar-refractivity contribution in [1.29, 1.82) is 0 Å². The van der Waals surface area contributed by atoms with Gasteiger partial charge in [-0.3, -0.25) is 0 Å². The first-order valence-corrected chi connectivity index (χ1v) is 6.50. The maximum absolute atomic E-state index is 5.43. The Bertz CT molecular complexity index is 524. The van der Waals surface area contributed by atoms with Gasteiger partial charge in [0, 0.05) is 30.9 Å². The highest BCUT2D eigenvalue weighted by atomic mass is 16.5. The summed E-state index contributed by atoms with van der Waals surface area (Å²) in [6.45, 7) is 5.52. The average molecular weight is 260 g/mol. The van der Waals surface area contributed by atoms with E-state index in [4.69, 9.17) is 4.74 Å². The van der Waals surface area contributed by atoms with Crippen LogP contribution in [0.1, 0.15) is 13.8 Å². The fourth-order valence-corrected chi connectivity index (χ4v) is 1.93. The van der Waals surface area contributed by atoms with Gasteiger partial charge in [-0.15, -0.1) is 10.2 Å². The Balaban J connectivity index is 2.20. The molecule has 0 amide bonds. The molecule has 1 heterocycles. The molecule has 0 radical (unpaired) electrons. The molecule has 1 aromatic heterocycles. The molecule has 0 saturated carbocycles. The zero-order chi connectivity index (χ0) is 13.7. The third-order valence-electron chi connectivity index (χ3n) is 2.85. The van der Waals surface area contributed by atoms with Crippen LogP contribution in [0.15, 0.2) is 30.6 Å². The normalized spacial score (nSPS) is 12.4. The molecular formula is C14H20N4O. The molecule has 0 spiro atoms. The summed E-state index contributed by atoms with van der Waals surface area (Å²) < 4.78 is 7.34. The molecule has 0 aliphatic carbocycles. The van der Waals surface area contributed by atoms with Crippen LogP contribution in [-0.4, -0.2) is 34.0 Å². The first kappa shape index (κ1) is 13.5. The van der Waals surface area contributed by atoms with Crippen molar-refractivity contribution >= 4 is 5.69 Å². The van der Waals surface area contributed by atoms with Crippen LogP contribution in [0.5, 0.6) is 0 Å². The van der Waals surface area contributed by atoms with Crippen molar-refractivity contribution in [2.24, 2.45) is 7.05 Å². The Morgan fingerprint density at radius 1 is 1.37 bits per heavy atom. The summed E-state index contributed by atoms with van der Waals surface area (Å²) in [5.41, 5.74) is 2.09. The highest BCUT2D eigenvalue weighted by molar-refractivity contribution is 5.73. The van der Waals surface area contributed by atoms with Gasteiger partial charge in [0.15, 0.2) is 5.82 Å². The molecule has 0 fully saturated rings. The van der Waals surface area contributed by atoms with Gasteiger partial charge in [0.25, 0.3) is 0 Å². The Labute approximate surface area is 113 Å². The third-order valence-corrected chi connectivity index (χ3v) is 2.85. The summed E-state index contributed by atoms with van der Waals surface area (Å²) in [5.74, 6) is 0.853. The lowest BCUT2D eigenvalue weighted by Crippen LogP contribution is -2.22. The Hall–Kier alpha value is -1.88. The number of hydrogen-bond acceptors (Lipinski definition) is 4. The molecule has 5 heteroatoms. The Kier molecular flexibility index (Phi) is 4.52. The smallest absolute Gasteiger partial charge is 0.165 e. The highest BCUT2D eigenvalue weighted by Crippen LogP contribution is 2.26. The van der Waals surface area contributed by atoms with E-state index in [0.29, 0.717) is 6.61 Å². The topological polar surface area (TPSA) is 52.0 Å². The Morgan fingerprint density at radius 3 is 2.84 bits per heavy atom. The van der Waals surface area contributed by atoms with E-state index in [-0.39, 0.29) is 6.04 Å². The van der Waals surface area contributed by atoms with Gasteiger partial charge in [-0.1, -0.05) is 12.1 Å². The number of rotatable bonds is 6. The zero-order valence-corrected chi connectivity index (χ0v) is 11.6. The van der Waals surface area contributed by atoms with Gasteiger partial charge in [0.1, 0.15) is 6.33 Å². The lowest BCUT2D eigenvalue weighted by molar-refractivity contribution is 0.141. The van der Waals surface area contributed by atoms with Crippen LogP contribution in [0, 0.1) is 0 Å². The standard InChI is InChI=1S/C14H20N4O/c1-4-19-9-11(2)16-13-8-6-5-7-12(13)14-17-15-10-18(14)3/h5-8,10-11,16H,4,9H2,1-3H3. The maximum atomic E-state index is 5.43. The minimum absolute atomic E-state index is 0.245. The summed E-state index contributed by atoms with van der Waals surface area (Å²) in [4.78, 5) is 0. The second-order valence-electron chi connectivity index (χ2n) is 4.52. The molecule has 1 atom stereocenters. The molecule has 0 saturated heterocycles. The van der Waals surface area contributed by atoms with Gasteiger partial charge in [-0.25, -0.2) is 0 Å². The van der Waals surface area contributed by atoms with Gasteiger partial charge < -0.3 is 14.6 Å². The van der Waals surface area contributed by atoms with Crippen LogP contribution in [0.4, 0.5) is 5.69 Å². The monoisotopic (exact) mass is 260 g/mol. The van der Waals surface area contributed by atoms with Crippen LogP contribution in [0.2, 0.25) is 0 Å². The van der Waals surface area contributed by atoms with Gasteiger partial charge in [-0.2, -0.15) is 0 Å². The number of aromatic nitrogens is 3. The molecule has 0 aliphatic heterocycles. The second-order valence-corrected chi connectivity index (χ2v) is 4.52. The second kappa shape index (κ2) is 6.33. The minimum Gasteiger partial charge on any atom is -0.380 e. The first-order chi connectivity index (χ1) is 9.22. The molecule has 102 valence electrons. The van der Waals surface area contributed by atoms with Crippen molar-refractivity contribution in [1.82, 2.24) is 14.8 Å². The molecule has 1 unspecified atom stereocenters. The van der Waals surface area contributed by atoms with Gasteiger partial charge in [0.2, 0.25) is 0 Å². The van der Waals surface area contributed by atoms with Gasteiger partial charge in [-0.05, 0) is 26.0 Å². The minimum atomic E-state index is 0.245. The molecule has 0 aliphatic rings. The maximum Gasteiger partial charge on any atom is 0.165 e. The molecule has 1 aromatic carbocycles. The van der Waals surface area contributed by atoms with Gasteiger partial charge >= 0.3 is 0 Å². The third kappa shape index (κ3) is 3.32. The van der Waals surface area contributed by atoms with Crippen molar-refractivity contribution < 1.29 is 4.74 Å². The Morgan fingerprint density at radius 2 is 2.16 bits per heavy atom. The largest absolute Gasteiger partial charge is 0.380 e. The molecule has 5 nitrogen and oxygen atoms in total. The quantitative estimate of drug-likeness (QED) is 0.866. The van der Waals surface area contributed by atoms with Crippen molar-refractivity contribution in [2.75, 3.05) is 18.5 Å². The van der Waals surface area contributed by atoms with E-state index in [1.807, 2.05) is 42.8 Å². The predicted molar refractivity (Wildman–Crippen MR) is 76.0 cm³/mol. The molecular weight excluding hydrogens is 240 g/mol. The number of nitrogens with zero attached hydrogens (tertiary/aromatic N) is 3. The summed E-state index contributed by atoms with van der Waals surface area (Å²) >= 11 is 0. The molecule has 2 aromatic rings. The van der Waals surface area contributed by atoms with E-state index >= 15 is 0 Å². The predicted octanol–water partition coefficient (Wildman–Crippen LogP) is 2.32. The molecule has 0 bridgehead atoms. The molecule has 1 N–H and O–H groups in total. The van der Waals surface area contributed by atoms with Crippen molar-refractivity contribution in [2.45, 2.75) is 19.9 Å². The zero-order valence-electron chi connectivity index (χ0n) is 11.6. The van der Waals surface area contributed by atoms with E-state index < -0.39 is 0 Å². The summed E-state index contributed by atoms with van der Waals surface area (Å²) in [6.07, 6.45) is 1.70. The fourth-order valence-electron chi connectivity index (χ4n) is 1.93. The van der Waals surface area contributed by atoms with Crippen molar-refractivity contribution in [3.63, 3.8) is 0 Å². The summed E-state index contributed by atoms with van der Waals surface area (Å²) in [5, 5.41) is 11.5. The fraction of sp³-hybridized carbons (Fsp3) is 0.429. The van der Waals surface area contributed by atoms with Crippen molar-refractivity contribution in [3.8, 4) is 11.4 Å². The van der Waals surface area contributed by atoms with Crippen LogP contribution in [0.25, 0.3) is 11.4 Å². The van der Waals surface area contributed by atoms with E-state index in [2.05, 4.69) is 22.4 Å². The number of hydrogen-bond donors (Lipinski definition) is 1. The number of benzene rings is 1. The van der Waals surface area contributed by atoms with E-state index in [1.54, 1.807) is 6.33 Å². The summed E-state index contributed by atoms with van der Waals surface area (Å²) in [7, 11) is 1.94. The van der Waals surface area contributed by atoms with E-state index in [1.165, 1.54) is 0 Å². The van der Waals surface area contributed by atoms with Gasteiger partial charge in [0.05, 0.1) is 6.61 Å². The van der Waals surface area contributed by atoms with Crippen LogP contribution in [0.3, 0.4) is 0 Å². The lowest BCUT2D eigenvalue weighted by Gasteiger charge is -2.17. The number of aryl methyl sites for hydroxylation is 1. The number of ether oxygens (including phenoxy) is 1. The van der Waals surface area contributed by atoms with Crippen LogP contribution >= 0.6 is 0 Å². The molecule has 19 heavy (non-hydrogen) atoms. The number of para-hydroxylation sites is 1. The SMILES string of the molecule is CCOCC(C)Nc1ccccc1-c1nncn1C. The molecule has 2 rings (SSSR count). The van der Waals surface area contributed by atoms with E-state index in [0.717, 1.165) is 23.7 Å². The average Bonchev–Trinajstić information content (AvgIpc) is 2.83.